The Balaban J connectivity index is 1.45. The van der Waals surface area contributed by atoms with E-state index >= 15 is 0 Å². The van der Waals surface area contributed by atoms with Crippen molar-refractivity contribution >= 4 is 22.8 Å². The summed E-state index contributed by atoms with van der Waals surface area (Å²) in [5.74, 6) is 7.88. The van der Waals surface area contributed by atoms with E-state index in [0.29, 0.717) is 24.8 Å². The molecule has 2 aliphatic heterocycles. The summed E-state index contributed by atoms with van der Waals surface area (Å²) in [5, 5.41) is 11.1. The second kappa shape index (κ2) is 12.0. The normalized spacial score (nSPS) is 16.8. The number of hydroxylamine groups is 1. The summed E-state index contributed by atoms with van der Waals surface area (Å²) in [5.41, 5.74) is 7.16. The van der Waals surface area contributed by atoms with Gasteiger partial charge in [-0.25, -0.2) is 4.98 Å². The molecule has 0 aliphatic carbocycles. The summed E-state index contributed by atoms with van der Waals surface area (Å²) < 4.78 is 7.99. The van der Waals surface area contributed by atoms with Crippen LogP contribution in [0.3, 0.4) is 0 Å². The van der Waals surface area contributed by atoms with E-state index < -0.39 is 6.04 Å². The number of aromatic nitrogens is 3. The maximum absolute atomic E-state index is 12.7. The Labute approximate surface area is 250 Å². The van der Waals surface area contributed by atoms with Crippen LogP contribution in [0.4, 0.5) is 5.69 Å². The molecule has 218 valence electrons. The van der Waals surface area contributed by atoms with Crippen LogP contribution < -0.4 is 25.8 Å². The van der Waals surface area contributed by atoms with Crippen molar-refractivity contribution < 1.29 is 14.4 Å². The summed E-state index contributed by atoms with van der Waals surface area (Å²) in [6.07, 6.45) is 9.41. The van der Waals surface area contributed by atoms with Crippen molar-refractivity contribution in [1.82, 2.24) is 30.3 Å². The smallest absolute Gasteiger partial charge is 0.242 e. The fourth-order valence-electron chi connectivity index (χ4n) is 4.98. The highest BCUT2D eigenvalue weighted by Crippen LogP contribution is 2.34. The highest BCUT2D eigenvalue weighted by atomic mass is 16.7. The molecule has 4 aromatic rings. The number of pyridine rings is 2. The molecule has 6 rings (SSSR count). The molecule has 2 atom stereocenters. The minimum atomic E-state index is -0.474. The largest absolute Gasteiger partial charge is 0.489 e. The molecule has 3 N–H and O–H groups in total. The minimum absolute atomic E-state index is 0.151. The predicted molar refractivity (Wildman–Crippen MR) is 166 cm³/mol. The van der Waals surface area contributed by atoms with E-state index in [1.54, 1.807) is 24.5 Å². The van der Waals surface area contributed by atoms with Crippen LogP contribution in [0, 0.1) is 18.8 Å². The van der Waals surface area contributed by atoms with Crippen LogP contribution in [0.2, 0.25) is 0 Å². The first-order valence-corrected chi connectivity index (χ1v) is 14.1. The lowest BCUT2D eigenvalue weighted by Gasteiger charge is -2.25. The zero-order chi connectivity index (χ0) is 29.9. The fourth-order valence-corrected chi connectivity index (χ4v) is 4.98. The van der Waals surface area contributed by atoms with Crippen LogP contribution in [-0.2, 0) is 9.63 Å². The number of likely N-dealkylation sites (N-methyl/N-ethyl adjacent to an activating group) is 1. The number of anilines is 1. The number of aryl methyl sites for hydroxylation is 1. The molecule has 10 nitrogen and oxygen atoms in total. The number of benzene rings is 1. The topological polar surface area (TPSA) is 105 Å². The molecule has 10 heteroatoms. The van der Waals surface area contributed by atoms with Gasteiger partial charge in [-0.1, -0.05) is 17.9 Å². The van der Waals surface area contributed by atoms with Crippen molar-refractivity contribution in [2.45, 2.75) is 25.9 Å². The molecule has 1 amide bonds. The average Bonchev–Trinajstić information content (AvgIpc) is 3.29. The Kier molecular flexibility index (Phi) is 7.83. The molecule has 0 fully saturated rings. The number of hydrogen-bond donors (Lipinski definition) is 3. The highest BCUT2D eigenvalue weighted by molar-refractivity contribution is 5.86. The summed E-state index contributed by atoms with van der Waals surface area (Å²) in [6.45, 7) is 4.78. The number of hydrogen-bond acceptors (Lipinski definition) is 8. The number of amides is 1. The van der Waals surface area contributed by atoms with Crippen molar-refractivity contribution in [3.8, 4) is 28.8 Å². The molecule has 0 saturated heterocycles. The summed E-state index contributed by atoms with van der Waals surface area (Å²) in [7, 11) is 3.61. The lowest BCUT2D eigenvalue weighted by atomic mass is 9.96. The lowest BCUT2D eigenvalue weighted by Crippen LogP contribution is -2.45. The zero-order valence-electron chi connectivity index (χ0n) is 24.5. The molecule has 0 spiro atoms. The summed E-state index contributed by atoms with van der Waals surface area (Å²) >= 11 is 0. The van der Waals surface area contributed by atoms with Gasteiger partial charge in [-0.15, -0.1) is 0 Å². The molecule has 5 heterocycles. The fraction of sp³-hybridized carbons (Fsp3) is 0.242. The van der Waals surface area contributed by atoms with Crippen LogP contribution in [0.5, 0.6) is 5.75 Å². The maximum Gasteiger partial charge on any atom is 0.242 e. The van der Waals surface area contributed by atoms with E-state index in [1.807, 2.05) is 69.6 Å². The number of ether oxygens (including phenoxy) is 1. The van der Waals surface area contributed by atoms with E-state index in [9.17, 15) is 4.79 Å². The molecule has 3 aromatic heterocycles. The predicted octanol–water partition coefficient (Wildman–Crippen LogP) is 3.44. The Morgan fingerprint density at radius 3 is 2.79 bits per heavy atom. The third-order valence-corrected chi connectivity index (χ3v) is 7.42. The quantitative estimate of drug-likeness (QED) is 0.311. The Morgan fingerprint density at radius 2 is 1.98 bits per heavy atom. The van der Waals surface area contributed by atoms with Crippen LogP contribution in [0.1, 0.15) is 23.7 Å². The maximum atomic E-state index is 12.7. The number of nitrogens with zero attached hydrogens (tertiary/aromatic N) is 4. The van der Waals surface area contributed by atoms with E-state index in [-0.39, 0.29) is 11.9 Å². The zero-order valence-corrected chi connectivity index (χ0v) is 24.5. The average molecular weight is 576 g/mol. The van der Waals surface area contributed by atoms with Crippen molar-refractivity contribution in [2.75, 3.05) is 32.4 Å². The SMILES string of the molecule is CNC(C)C(=O)NC1=CC=C(c2c(-c3ccncc3)nc3cc(C)ccn23)C(C#Cc2ccc3c(c2)OCCON3C)N1. The Hall–Kier alpha value is -5.11. The molecule has 2 unspecified atom stereocenters. The molecular weight excluding hydrogens is 542 g/mol. The van der Waals surface area contributed by atoms with Crippen molar-refractivity contribution in [3.05, 3.63) is 95.8 Å². The summed E-state index contributed by atoms with van der Waals surface area (Å²) in [6, 6.07) is 13.0. The van der Waals surface area contributed by atoms with Gasteiger partial charge in [0.1, 0.15) is 42.2 Å². The second-order valence-corrected chi connectivity index (χ2v) is 10.4. The standard InChI is InChI=1S/C33H33N7O3/c1-21-13-16-40-30(19-21)38-31(24-11-14-35-15-12-24)32(40)25-7-10-29(37-33(41)22(2)34-3)36-26(25)8-5-23-6-9-27-28(20-23)42-17-18-43-39(27)4/h6-7,9-16,19-20,22,26,34,36H,17-18H2,1-4H3,(H,37,41). The minimum Gasteiger partial charge on any atom is -0.489 e. The van der Waals surface area contributed by atoms with E-state index in [0.717, 1.165) is 45.0 Å². The Morgan fingerprint density at radius 1 is 1.14 bits per heavy atom. The van der Waals surface area contributed by atoms with Gasteiger partial charge < -0.3 is 20.7 Å². The van der Waals surface area contributed by atoms with Gasteiger partial charge in [0.2, 0.25) is 5.91 Å². The van der Waals surface area contributed by atoms with Crippen LogP contribution in [0.15, 0.2) is 79.0 Å². The van der Waals surface area contributed by atoms with E-state index in [2.05, 4.69) is 49.3 Å². The number of fused-ring (bicyclic) bond motifs is 2. The number of dihydropyridines is 1. The van der Waals surface area contributed by atoms with Gasteiger partial charge in [0.15, 0.2) is 0 Å². The Bertz CT molecular complexity index is 1800. The van der Waals surface area contributed by atoms with Crippen molar-refractivity contribution in [2.24, 2.45) is 0 Å². The first-order chi connectivity index (χ1) is 20.9. The number of rotatable bonds is 5. The number of nitrogens with one attached hydrogen (secondary N) is 3. The van der Waals surface area contributed by atoms with Gasteiger partial charge >= 0.3 is 0 Å². The van der Waals surface area contributed by atoms with E-state index in [1.165, 1.54) is 0 Å². The van der Waals surface area contributed by atoms with Crippen molar-refractivity contribution in [1.29, 1.82) is 0 Å². The van der Waals surface area contributed by atoms with Gasteiger partial charge in [-0.05, 0) is 75.0 Å². The van der Waals surface area contributed by atoms with Crippen LogP contribution in [0.25, 0.3) is 22.5 Å². The first kappa shape index (κ1) is 28.0. The van der Waals surface area contributed by atoms with Crippen LogP contribution in [-0.4, -0.2) is 59.7 Å². The molecular formula is C33H33N7O3. The lowest BCUT2D eigenvalue weighted by molar-refractivity contribution is -0.122. The monoisotopic (exact) mass is 575 g/mol. The number of allylic oxidation sites excluding steroid dienone is 2. The van der Waals surface area contributed by atoms with E-state index in [4.69, 9.17) is 14.6 Å². The molecule has 2 aliphatic rings. The van der Waals surface area contributed by atoms with Crippen LogP contribution >= 0.6 is 0 Å². The van der Waals surface area contributed by atoms with Gasteiger partial charge in [0, 0.05) is 42.3 Å². The van der Waals surface area contributed by atoms with Gasteiger partial charge in [0.05, 0.1) is 17.4 Å². The number of carbonyl (C=O) groups is 1. The number of imidazole rings is 1. The van der Waals surface area contributed by atoms with Crippen molar-refractivity contribution in [3.63, 3.8) is 0 Å². The van der Waals surface area contributed by atoms with Gasteiger partial charge in [-0.3, -0.25) is 24.1 Å². The molecule has 1 aromatic carbocycles. The molecule has 0 bridgehead atoms. The van der Waals surface area contributed by atoms with Gasteiger partial charge in [-0.2, -0.15) is 0 Å². The third kappa shape index (κ3) is 5.81. The number of carbonyl (C=O) groups excluding carboxylic acids is 1. The first-order valence-electron chi connectivity index (χ1n) is 14.1. The molecule has 0 radical (unpaired) electrons. The summed E-state index contributed by atoms with van der Waals surface area (Å²) in [4.78, 5) is 27.6. The highest BCUT2D eigenvalue weighted by Gasteiger charge is 2.26. The molecule has 43 heavy (non-hydrogen) atoms. The van der Waals surface area contributed by atoms with Gasteiger partial charge in [0.25, 0.3) is 0 Å². The second-order valence-electron chi connectivity index (χ2n) is 10.4. The third-order valence-electron chi connectivity index (χ3n) is 7.42. The molecule has 0 saturated carbocycles.